The van der Waals surface area contributed by atoms with Crippen LogP contribution in [0.4, 0.5) is 0 Å². The van der Waals surface area contributed by atoms with E-state index in [2.05, 4.69) is 4.72 Å². The summed E-state index contributed by atoms with van der Waals surface area (Å²) in [4.78, 5) is 0.203. The first-order valence-electron chi connectivity index (χ1n) is 7.37. The molecule has 2 N–H and O–H groups in total. The molecule has 0 amide bonds. The lowest BCUT2D eigenvalue weighted by atomic mass is 10.2. The molecular formula is C16H21NO5S2. The largest absolute Gasteiger partial charge is 0.497 e. The molecule has 2 aromatic rings. The van der Waals surface area contributed by atoms with Gasteiger partial charge in [0.25, 0.3) is 0 Å². The predicted octanol–water partition coefficient (Wildman–Crippen LogP) is 2.09. The van der Waals surface area contributed by atoms with Crippen molar-refractivity contribution in [1.82, 2.24) is 4.72 Å². The standard InChI is InChI=1S/C16H21NO5S2/c1-12-9-14(21-2)3-4-16(12)24(19,20)17-10-15(22-7-6-18)13-5-8-23-11-13/h3-5,8-9,11,15,17-18H,6-7,10H2,1-2H3/t15-/m0/s1. The molecule has 1 aromatic heterocycles. The maximum Gasteiger partial charge on any atom is 0.240 e. The van der Waals surface area contributed by atoms with Crippen molar-refractivity contribution in [3.8, 4) is 5.75 Å². The Kier molecular flexibility index (Phi) is 6.76. The molecule has 24 heavy (non-hydrogen) atoms. The Labute approximate surface area is 146 Å². The van der Waals surface area contributed by atoms with Crippen LogP contribution in [0.25, 0.3) is 0 Å². The van der Waals surface area contributed by atoms with Crippen molar-refractivity contribution in [2.45, 2.75) is 17.9 Å². The first-order chi connectivity index (χ1) is 11.5. The summed E-state index contributed by atoms with van der Waals surface area (Å²) >= 11 is 1.50. The highest BCUT2D eigenvalue weighted by Gasteiger charge is 2.20. The number of nitrogens with one attached hydrogen (secondary N) is 1. The van der Waals surface area contributed by atoms with Crippen LogP contribution < -0.4 is 9.46 Å². The summed E-state index contributed by atoms with van der Waals surface area (Å²) in [5, 5.41) is 12.7. The number of rotatable bonds is 9. The van der Waals surface area contributed by atoms with Crippen molar-refractivity contribution >= 4 is 21.4 Å². The molecule has 0 bridgehead atoms. The van der Waals surface area contributed by atoms with Crippen LogP contribution in [0.15, 0.2) is 39.9 Å². The molecule has 0 spiro atoms. The highest BCUT2D eigenvalue weighted by molar-refractivity contribution is 7.89. The zero-order valence-corrected chi connectivity index (χ0v) is 15.2. The molecule has 1 atom stereocenters. The van der Waals surface area contributed by atoms with E-state index in [0.717, 1.165) is 5.56 Å². The fourth-order valence-electron chi connectivity index (χ4n) is 2.24. The van der Waals surface area contributed by atoms with Crippen LogP contribution in [-0.4, -0.2) is 40.4 Å². The normalized spacial score (nSPS) is 13.0. The number of aryl methyl sites for hydroxylation is 1. The second-order valence-corrected chi connectivity index (χ2v) is 7.64. The summed E-state index contributed by atoms with van der Waals surface area (Å²) in [6.07, 6.45) is -0.447. The van der Waals surface area contributed by atoms with E-state index in [1.165, 1.54) is 24.5 Å². The van der Waals surface area contributed by atoms with Gasteiger partial charge in [-0.25, -0.2) is 13.1 Å². The van der Waals surface area contributed by atoms with Gasteiger partial charge in [-0.2, -0.15) is 11.3 Å². The minimum absolute atomic E-state index is 0.0878. The zero-order chi connectivity index (χ0) is 17.6. The fraction of sp³-hybridized carbons (Fsp3) is 0.375. The van der Waals surface area contributed by atoms with Crippen LogP contribution in [0.5, 0.6) is 5.75 Å². The molecule has 0 saturated carbocycles. The molecule has 0 saturated heterocycles. The van der Waals surface area contributed by atoms with Gasteiger partial charge in [0.1, 0.15) is 5.75 Å². The molecule has 1 aromatic carbocycles. The van der Waals surface area contributed by atoms with E-state index in [9.17, 15) is 8.42 Å². The topological polar surface area (TPSA) is 84.9 Å². The number of hydrogen-bond donors (Lipinski definition) is 2. The van der Waals surface area contributed by atoms with Crippen molar-refractivity contribution < 1.29 is 23.0 Å². The van der Waals surface area contributed by atoms with Gasteiger partial charge < -0.3 is 14.6 Å². The molecule has 0 aliphatic rings. The Morgan fingerprint density at radius 2 is 2.12 bits per heavy atom. The number of sulfonamides is 1. The maximum atomic E-state index is 12.5. The van der Waals surface area contributed by atoms with E-state index in [1.807, 2.05) is 16.8 Å². The monoisotopic (exact) mass is 371 g/mol. The Balaban J connectivity index is 2.12. The number of methoxy groups -OCH3 is 1. The van der Waals surface area contributed by atoms with Gasteiger partial charge in [0, 0.05) is 6.54 Å². The molecule has 0 unspecified atom stereocenters. The third kappa shape index (κ3) is 4.78. The van der Waals surface area contributed by atoms with Gasteiger partial charge in [0.2, 0.25) is 10.0 Å². The zero-order valence-electron chi connectivity index (χ0n) is 13.6. The molecule has 0 radical (unpaired) electrons. The molecule has 0 fully saturated rings. The molecule has 2 rings (SSSR count). The first kappa shape index (κ1) is 18.9. The summed E-state index contributed by atoms with van der Waals surface area (Å²) in [7, 11) is -2.14. The minimum Gasteiger partial charge on any atom is -0.497 e. The summed E-state index contributed by atoms with van der Waals surface area (Å²) in [5.41, 5.74) is 1.48. The summed E-state index contributed by atoms with van der Waals surface area (Å²) < 4.78 is 38.3. The van der Waals surface area contributed by atoms with Crippen LogP contribution in [0, 0.1) is 6.92 Å². The molecule has 8 heteroatoms. The van der Waals surface area contributed by atoms with Crippen molar-refractivity contribution in [3.63, 3.8) is 0 Å². The second kappa shape index (κ2) is 8.59. The van der Waals surface area contributed by atoms with Gasteiger partial charge in [-0.3, -0.25) is 0 Å². The lowest BCUT2D eigenvalue weighted by Crippen LogP contribution is -2.30. The van der Waals surface area contributed by atoms with Crippen LogP contribution in [0.3, 0.4) is 0 Å². The van der Waals surface area contributed by atoms with Crippen LogP contribution in [0.1, 0.15) is 17.2 Å². The number of hydrogen-bond acceptors (Lipinski definition) is 6. The average Bonchev–Trinajstić information content (AvgIpc) is 3.08. The van der Waals surface area contributed by atoms with Crippen LogP contribution >= 0.6 is 11.3 Å². The highest BCUT2D eigenvalue weighted by Crippen LogP contribution is 2.23. The maximum absolute atomic E-state index is 12.5. The third-order valence-electron chi connectivity index (χ3n) is 3.46. The number of aliphatic hydroxyl groups is 1. The third-order valence-corrected chi connectivity index (χ3v) is 5.74. The number of ether oxygens (including phenoxy) is 2. The first-order valence-corrected chi connectivity index (χ1v) is 9.79. The van der Waals surface area contributed by atoms with Crippen LogP contribution in [-0.2, 0) is 14.8 Å². The molecule has 6 nitrogen and oxygen atoms in total. The molecule has 1 heterocycles. The Morgan fingerprint density at radius 1 is 1.33 bits per heavy atom. The van der Waals surface area contributed by atoms with Crippen molar-refractivity contribution in [2.24, 2.45) is 0 Å². The fourth-order valence-corrected chi connectivity index (χ4v) is 4.20. The molecule has 0 aliphatic heterocycles. The van der Waals surface area contributed by atoms with Crippen molar-refractivity contribution in [3.05, 3.63) is 46.2 Å². The highest BCUT2D eigenvalue weighted by atomic mass is 32.2. The summed E-state index contributed by atoms with van der Waals surface area (Å²) in [5.74, 6) is 0.605. The Bertz CT molecular complexity index is 744. The minimum atomic E-state index is -3.67. The van der Waals surface area contributed by atoms with E-state index in [0.29, 0.717) is 11.3 Å². The lowest BCUT2D eigenvalue weighted by molar-refractivity contribution is 0.0311. The SMILES string of the molecule is COc1ccc(S(=O)(=O)NC[C@H](OCCO)c2ccsc2)c(C)c1. The molecule has 132 valence electrons. The van der Waals surface area contributed by atoms with Gasteiger partial charge in [0.15, 0.2) is 0 Å². The molecule has 0 aliphatic carbocycles. The quantitative estimate of drug-likeness (QED) is 0.705. The number of thiophene rings is 1. The predicted molar refractivity (Wildman–Crippen MR) is 93.0 cm³/mol. The summed E-state index contributed by atoms with van der Waals surface area (Å²) in [6.45, 7) is 1.83. The Morgan fingerprint density at radius 3 is 2.71 bits per heavy atom. The lowest BCUT2D eigenvalue weighted by Gasteiger charge is -2.18. The van der Waals surface area contributed by atoms with E-state index in [4.69, 9.17) is 14.6 Å². The van der Waals surface area contributed by atoms with E-state index < -0.39 is 16.1 Å². The smallest absolute Gasteiger partial charge is 0.240 e. The van der Waals surface area contributed by atoms with Crippen molar-refractivity contribution in [2.75, 3.05) is 26.9 Å². The van der Waals surface area contributed by atoms with Crippen LogP contribution in [0.2, 0.25) is 0 Å². The summed E-state index contributed by atoms with van der Waals surface area (Å²) in [6, 6.07) is 6.68. The van der Waals surface area contributed by atoms with E-state index in [1.54, 1.807) is 19.1 Å². The van der Waals surface area contributed by atoms with Gasteiger partial charge in [-0.05, 0) is 53.1 Å². The van der Waals surface area contributed by atoms with E-state index >= 15 is 0 Å². The van der Waals surface area contributed by atoms with Gasteiger partial charge in [-0.1, -0.05) is 0 Å². The number of benzene rings is 1. The second-order valence-electron chi connectivity index (χ2n) is 5.12. The number of aliphatic hydroxyl groups excluding tert-OH is 1. The van der Waals surface area contributed by atoms with Gasteiger partial charge in [-0.15, -0.1) is 0 Å². The molecular weight excluding hydrogens is 350 g/mol. The van der Waals surface area contributed by atoms with E-state index in [-0.39, 0.29) is 24.7 Å². The van der Waals surface area contributed by atoms with Crippen molar-refractivity contribution in [1.29, 1.82) is 0 Å². The average molecular weight is 371 g/mol. The van der Waals surface area contributed by atoms with Gasteiger partial charge in [0.05, 0.1) is 31.3 Å². The Hall–Kier alpha value is -1.45. The van der Waals surface area contributed by atoms with Gasteiger partial charge >= 0.3 is 0 Å².